The van der Waals surface area contributed by atoms with Gasteiger partial charge in [-0.05, 0) is 91.7 Å². The second-order valence-electron chi connectivity index (χ2n) is 8.70. The van der Waals surface area contributed by atoms with Gasteiger partial charge in [-0.3, -0.25) is 19.3 Å². The van der Waals surface area contributed by atoms with Gasteiger partial charge < -0.3 is 14.8 Å². The number of rotatable bonds is 9. The Balaban J connectivity index is 1.27. The van der Waals surface area contributed by atoms with Crippen molar-refractivity contribution in [3.05, 3.63) is 93.9 Å². The topological polar surface area (TPSA) is 84.9 Å². The molecule has 1 aliphatic heterocycles. The molecule has 37 heavy (non-hydrogen) atoms. The van der Waals surface area contributed by atoms with Crippen molar-refractivity contribution >= 4 is 40.6 Å². The summed E-state index contributed by atoms with van der Waals surface area (Å²) in [5.74, 6) is 0.616. The Bertz CT molecular complexity index is 1330. The average Bonchev–Trinajstić information content (AvgIpc) is 3.14. The normalized spacial score (nSPS) is 14.2. The second kappa shape index (κ2) is 11.8. The van der Waals surface area contributed by atoms with Gasteiger partial charge in [0.15, 0.2) is 6.61 Å². The minimum atomic E-state index is -0.342. The zero-order valence-electron chi connectivity index (χ0n) is 20.9. The summed E-state index contributed by atoms with van der Waals surface area (Å²) in [7, 11) is 0. The van der Waals surface area contributed by atoms with Crippen LogP contribution in [0.1, 0.15) is 22.3 Å². The SMILES string of the molecule is Cc1ccc(OCCN2C(=O)S/C(=C\c3ccc(OCC(=O)Nc4ccc(C)c(C)c4)cc3)C2=O)cc1. The molecule has 1 saturated heterocycles. The van der Waals surface area contributed by atoms with Gasteiger partial charge in [-0.2, -0.15) is 0 Å². The number of thioether (sulfide) groups is 1. The van der Waals surface area contributed by atoms with E-state index in [1.807, 2.05) is 63.2 Å². The average molecular weight is 517 g/mol. The number of nitrogens with zero attached hydrogens (tertiary/aromatic N) is 1. The summed E-state index contributed by atoms with van der Waals surface area (Å²) >= 11 is 0.905. The van der Waals surface area contributed by atoms with Crippen molar-refractivity contribution in [3.63, 3.8) is 0 Å². The lowest BCUT2D eigenvalue weighted by atomic mass is 10.1. The molecule has 0 aliphatic carbocycles. The van der Waals surface area contributed by atoms with Crippen molar-refractivity contribution in [3.8, 4) is 11.5 Å². The fraction of sp³-hybridized carbons (Fsp3) is 0.207. The molecular formula is C29H28N2O5S. The van der Waals surface area contributed by atoms with Gasteiger partial charge in [0.25, 0.3) is 17.1 Å². The first-order valence-corrected chi connectivity index (χ1v) is 12.6. The smallest absolute Gasteiger partial charge is 0.293 e. The highest BCUT2D eigenvalue weighted by Gasteiger charge is 2.34. The monoisotopic (exact) mass is 516 g/mol. The fourth-order valence-corrected chi connectivity index (χ4v) is 4.42. The van der Waals surface area contributed by atoms with Crippen LogP contribution in [0.25, 0.3) is 6.08 Å². The number of benzene rings is 3. The molecule has 1 heterocycles. The number of carbonyl (C=O) groups is 3. The standard InChI is InChI=1S/C29H28N2O5S/c1-19-4-10-24(11-5-19)35-15-14-31-28(33)26(37-29(31)34)17-22-7-12-25(13-8-22)36-18-27(32)30-23-9-6-20(2)21(3)16-23/h4-13,16-17H,14-15,18H2,1-3H3,(H,30,32)/b26-17-. The zero-order valence-corrected chi connectivity index (χ0v) is 21.8. The fourth-order valence-electron chi connectivity index (χ4n) is 3.56. The van der Waals surface area contributed by atoms with Crippen molar-refractivity contribution in [1.29, 1.82) is 0 Å². The maximum absolute atomic E-state index is 12.7. The Morgan fingerprint density at radius 1 is 0.892 bits per heavy atom. The van der Waals surface area contributed by atoms with E-state index < -0.39 is 0 Å². The Kier molecular flexibility index (Phi) is 8.30. The summed E-state index contributed by atoms with van der Waals surface area (Å²) in [5.41, 5.74) is 4.85. The Hall–Kier alpha value is -4.04. The summed E-state index contributed by atoms with van der Waals surface area (Å²) in [5, 5.41) is 2.50. The molecule has 1 fully saturated rings. The van der Waals surface area contributed by atoms with Crippen molar-refractivity contribution in [1.82, 2.24) is 4.90 Å². The van der Waals surface area contributed by atoms with Gasteiger partial charge >= 0.3 is 0 Å². The van der Waals surface area contributed by atoms with Crippen LogP contribution in [0.15, 0.2) is 71.6 Å². The van der Waals surface area contributed by atoms with Crippen molar-refractivity contribution in [2.45, 2.75) is 20.8 Å². The van der Waals surface area contributed by atoms with Gasteiger partial charge in [-0.25, -0.2) is 0 Å². The minimum Gasteiger partial charge on any atom is -0.492 e. The van der Waals surface area contributed by atoms with Crippen LogP contribution in [0.5, 0.6) is 11.5 Å². The van der Waals surface area contributed by atoms with Gasteiger partial charge in [-0.15, -0.1) is 0 Å². The second-order valence-corrected chi connectivity index (χ2v) is 9.69. The maximum atomic E-state index is 12.7. The van der Waals surface area contributed by atoms with Crippen LogP contribution in [-0.2, 0) is 9.59 Å². The van der Waals surface area contributed by atoms with Crippen LogP contribution < -0.4 is 14.8 Å². The molecular weight excluding hydrogens is 488 g/mol. The van der Waals surface area contributed by atoms with Gasteiger partial charge in [0.05, 0.1) is 11.4 Å². The number of amides is 3. The first kappa shape index (κ1) is 26.0. The molecule has 0 saturated carbocycles. The van der Waals surface area contributed by atoms with E-state index in [0.717, 1.165) is 39.7 Å². The summed E-state index contributed by atoms with van der Waals surface area (Å²) in [4.78, 5) is 38.8. The summed E-state index contributed by atoms with van der Waals surface area (Å²) < 4.78 is 11.2. The molecule has 3 amide bonds. The number of nitrogens with one attached hydrogen (secondary N) is 1. The third-order valence-electron chi connectivity index (χ3n) is 5.82. The number of hydrogen-bond donors (Lipinski definition) is 1. The molecule has 0 radical (unpaired) electrons. The van der Waals surface area contributed by atoms with Crippen LogP contribution in [0.3, 0.4) is 0 Å². The first-order valence-electron chi connectivity index (χ1n) is 11.8. The summed E-state index contributed by atoms with van der Waals surface area (Å²) in [6.07, 6.45) is 1.67. The zero-order chi connectivity index (χ0) is 26.4. The molecule has 3 aromatic carbocycles. The summed E-state index contributed by atoms with van der Waals surface area (Å²) in [6, 6.07) is 20.3. The Morgan fingerprint density at radius 3 is 2.27 bits per heavy atom. The molecule has 8 heteroatoms. The largest absolute Gasteiger partial charge is 0.492 e. The summed E-state index contributed by atoms with van der Waals surface area (Å²) in [6.45, 7) is 6.26. The van der Waals surface area contributed by atoms with Crippen molar-refractivity contribution in [2.75, 3.05) is 25.1 Å². The van der Waals surface area contributed by atoms with E-state index in [9.17, 15) is 14.4 Å². The van der Waals surface area contributed by atoms with E-state index in [1.165, 1.54) is 4.90 Å². The van der Waals surface area contributed by atoms with Crippen LogP contribution in [-0.4, -0.2) is 41.7 Å². The number of hydrogen-bond acceptors (Lipinski definition) is 6. The molecule has 4 rings (SSSR count). The molecule has 7 nitrogen and oxygen atoms in total. The van der Waals surface area contributed by atoms with E-state index in [0.29, 0.717) is 16.4 Å². The highest BCUT2D eigenvalue weighted by molar-refractivity contribution is 8.18. The molecule has 0 unspecified atom stereocenters. The number of carbonyl (C=O) groups excluding carboxylic acids is 3. The van der Waals surface area contributed by atoms with Crippen LogP contribution >= 0.6 is 11.8 Å². The lowest BCUT2D eigenvalue weighted by Crippen LogP contribution is -2.32. The van der Waals surface area contributed by atoms with Gasteiger partial charge in [0.1, 0.15) is 18.1 Å². The molecule has 3 aromatic rings. The minimum absolute atomic E-state index is 0.129. The first-order chi connectivity index (χ1) is 17.8. The van der Waals surface area contributed by atoms with Crippen LogP contribution in [0, 0.1) is 20.8 Å². The molecule has 1 N–H and O–H groups in total. The van der Waals surface area contributed by atoms with Crippen LogP contribution in [0.2, 0.25) is 0 Å². The number of anilines is 1. The molecule has 190 valence electrons. The third kappa shape index (κ3) is 7.01. The van der Waals surface area contributed by atoms with E-state index in [1.54, 1.807) is 30.3 Å². The molecule has 0 bridgehead atoms. The highest BCUT2D eigenvalue weighted by atomic mass is 32.2. The molecule has 1 aliphatic rings. The lowest BCUT2D eigenvalue weighted by molar-refractivity contribution is -0.123. The molecule has 0 aromatic heterocycles. The third-order valence-corrected chi connectivity index (χ3v) is 6.72. The maximum Gasteiger partial charge on any atom is 0.293 e. The van der Waals surface area contributed by atoms with E-state index in [4.69, 9.17) is 9.47 Å². The number of ether oxygens (including phenoxy) is 2. The number of imide groups is 1. The van der Waals surface area contributed by atoms with E-state index >= 15 is 0 Å². The predicted octanol–water partition coefficient (Wildman–Crippen LogP) is 5.74. The molecule has 0 atom stereocenters. The van der Waals surface area contributed by atoms with Gasteiger partial charge in [0, 0.05) is 5.69 Å². The highest BCUT2D eigenvalue weighted by Crippen LogP contribution is 2.32. The van der Waals surface area contributed by atoms with Crippen LogP contribution in [0.4, 0.5) is 10.5 Å². The lowest BCUT2D eigenvalue weighted by Gasteiger charge is -2.13. The van der Waals surface area contributed by atoms with Crippen molar-refractivity contribution < 1.29 is 23.9 Å². The number of aryl methyl sites for hydroxylation is 3. The Labute approximate surface area is 220 Å². The van der Waals surface area contributed by atoms with E-state index in [-0.39, 0.29) is 36.8 Å². The quantitative estimate of drug-likeness (QED) is 0.365. The van der Waals surface area contributed by atoms with E-state index in [2.05, 4.69) is 5.32 Å². The van der Waals surface area contributed by atoms with Crippen molar-refractivity contribution in [2.24, 2.45) is 0 Å². The molecule has 0 spiro atoms. The van der Waals surface area contributed by atoms with Gasteiger partial charge in [-0.1, -0.05) is 35.9 Å². The van der Waals surface area contributed by atoms with Gasteiger partial charge in [0.2, 0.25) is 0 Å². The predicted molar refractivity (Wildman–Crippen MR) is 146 cm³/mol. The Morgan fingerprint density at radius 2 is 1.57 bits per heavy atom.